The van der Waals surface area contributed by atoms with Gasteiger partial charge in [-0.05, 0) is 81.1 Å². The molecule has 1 heterocycles. The van der Waals surface area contributed by atoms with Gasteiger partial charge in [-0.25, -0.2) is 0 Å². The van der Waals surface area contributed by atoms with Crippen LogP contribution in [-0.2, 0) is 4.74 Å². The van der Waals surface area contributed by atoms with Crippen LogP contribution in [0.1, 0.15) is 66.7 Å². The Morgan fingerprint density at radius 2 is 2.00 bits per heavy atom. The van der Waals surface area contributed by atoms with Crippen molar-refractivity contribution in [2.45, 2.75) is 78.1 Å². The van der Waals surface area contributed by atoms with E-state index in [1.165, 1.54) is 24.0 Å². The van der Waals surface area contributed by atoms with Crippen LogP contribution in [0.15, 0.2) is 35.5 Å². The number of aliphatic hydroxyl groups is 2. The molecule has 1 saturated heterocycles. The molecule has 4 aliphatic rings. The van der Waals surface area contributed by atoms with Gasteiger partial charge in [0.2, 0.25) is 0 Å². The van der Waals surface area contributed by atoms with Crippen molar-refractivity contribution in [3.05, 3.63) is 35.5 Å². The van der Waals surface area contributed by atoms with E-state index in [0.29, 0.717) is 30.8 Å². The maximum atomic E-state index is 11.2. The summed E-state index contributed by atoms with van der Waals surface area (Å²) in [5.74, 6) is 0.729. The monoisotopic (exact) mass is 386 g/mol. The zero-order valence-corrected chi connectivity index (χ0v) is 18.2. The van der Waals surface area contributed by atoms with Crippen LogP contribution in [0.3, 0.4) is 0 Å². The minimum absolute atomic E-state index is 0.0330. The number of allylic oxidation sites excluding steroid dienone is 5. The molecule has 3 fully saturated rings. The summed E-state index contributed by atoms with van der Waals surface area (Å²) in [6, 6.07) is 0. The molecule has 0 spiro atoms. The van der Waals surface area contributed by atoms with Crippen molar-refractivity contribution < 1.29 is 14.9 Å². The summed E-state index contributed by atoms with van der Waals surface area (Å²) < 4.78 is 5.84. The van der Waals surface area contributed by atoms with Gasteiger partial charge in [-0.2, -0.15) is 0 Å². The van der Waals surface area contributed by atoms with Crippen molar-refractivity contribution in [1.29, 1.82) is 0 Å². The number of hydrogen-bond donors (Lipinski definition) is 2. The van der Waals surface area contributed by atoms with Crippen LogP contribution in [0.25, 0.3) is 0 Å². The van der Waals surface area contributed by atoms with Gasteiger partial charge >= 0.3 is 0 Å². The van der Waals surface area contributed by atoms with Crippen LogP contribution in [0.4, 0.5) is 0 Å². The molecule has 3 aliphatic carbocycles. The SMILES string of the molecule is CC(C)=C/C=C/[C@H](C)[C@H]1CC[C@]2(C)C[C@H]3[C@@H]4/C(=C\C[C@@H]12)COC4(O)C[C@@]3(C)O. The molecule has 0 amide bonds. The first-order chi connectivity index (χ1) is 13.1. The highest BCUT2D eigenvalue weighted by Gasteiger charge is 2.65. The van der Waals surface area contributed by atoms with Crippen LogP contribution in [-0.4, -0.2) is 28.2 Å². The fourth-order valence-corrected chi connectivity index (χ4v) is 7.03. The van der Waals surface area contributed by atoms with Gasteiger partial charge in [-0.3, -0.25) is 0 Å². The predicted octanol–water partition coefficient (Wildman–Crippen LogP) is 5.00. The molecule has 0 aromatic heterocycles. The van der Waals surface area contributed by atoms with E-state index >= 15 is 0 Å². The third-order valence-electron chi connectivity index (χ3n) is 8.49. The molecule has 0 aromatic rings. The van der Waals surface area contributed by atoms with Gasteiger partial charge in [0.25, 0.3) is 0 Å². The topological polar surface area (TPSA) is 49.7 Å². The molecule has 0 radical (unpaired) electrons. The number of hydrogen-bond acceptors (Lipinski definition) is 3. The zero-order chi connectivity index (χ0) is 20.3. The number of ether oxygens (including phenoxy) is 1. The lowest BCUT2D eigenvalue weighted by atomic mass is 9.63. The Bertz CT molecular complexity index is 713. The van der Waals surface area contributed by atoms with Gasteiger partial charge in [0.15, 0.2) is 5.79 Å². The summed E-state index contributed by atoms with van der Waals surface area (Å²) in [4.78, 5) is 0. The van der Waals surface area contributed by atoms with Gasteiger partial charge in [-0.15, -0.1) is 0 Å². The zero-order valence-electron chi connectivity index (χ0n) is 18.2. The molecule has 2 saturated carbocycles. The molecule has 3 nitrogen and oxygen atoms in total. The normalized spacial score (nSPS) is 50.5. The summed E-state index contributed by atoms with van der Waals surface area (Å²) in [5.41, 5.74) is 1.91. The lowest BCUT2D eigenvalue weighted by Gasteiger charge is -2.43. The van der Waals surface area contributed by atoms with E-state index in [-0.39, 0.29) is 17.3 Å². The third-order valence-corrected chi connectivity index (χ3v) is 8.49. The molecule has 1 unspecified atom stereocenters. The Labute approximate surface area is 170 Å². The molecular weight excluding hydrogens is 348 g/mol. The van der Waals surface area contributed by atoms with Gasteiger partial charge < -0.3 is 14.9 Å². The van der Waals surface area contributed by atoms with E-state index in [4.69, 9.17) is 4.74 Å². The quantitative estimate of drug-likeness (QED) is 0.530. The molecule has 0 bridgehead atoms. The highest BCUT2D eigenvalue weighted by atomic mass is 16.6. The van der Waals surface area contributed by atoms with E-state index in [2.05, 4.69) is 52.0 Å². The first kappa shape index (κ1) is 20.4. The first-order valence-corrected chi connectivity index (χ1v) is 11.2. The van der Waals surface area contributed by atoms with E-state index < -0.39 is 11.4 Å². The smallest absolute Gasteiger partial charge is 0.175 e. The Hall–Kier alpha value is -0.900. The first-order valence-electron chi connectivity index (χ1n) is 11.2. The van der Waals surface area contributed by atoms with Crippen LogP contribution < -0.4 is 0 Å². The predicted molar refractivity (Wildman–Crippen MR) is 112 cm³/mol. The van der Waals surface area contributed by atoms with Gasteiger partial charge in [0, 0.05) is 12.3 Å². The summed E-state index contributed by atoms with van der Waals surface area (Å²) in [6.45, 7) is 11.5. The lowest BCUT2D eigenvalue weighted by molar-refractivity contribution is -0.191. The van der Waals surface area contributed by atoms with Gasteiger partial charge in [0.1, 0.15) is 0 Å². The second kappa shape index (κ2) is 6.82. The lowest BCUT2D eigenvalue weighted by Crippen LogP contribution is -2.40. The molecule has 3 heteroatoms. The number of fused-ring (bicyclic) bond motifs is 1. The average Bonchev–Trinajstić information content (AvgIpc) is 3.11. The van der Waals surface area contributed by atoms with E-state index in [9.17, 15) is 10.2 Å². The fourth-order valence-electron chi connectivity index (χ4n) is 7.03. The Balaban J connectivity index is 1.63. The highest BCUT2D eigenvalue weighted by molar-refractivity contribution is 5.26. The minimum Gasteiger partial charge on any atom is -0.390 e. The average molecular weight is 387 g/mol. The summed E-state index contributed by atoms with van der Waals surface area (Å²) in [6.07, 6.45) is 14.0. The second-order valence-corrected chi connectivity index (χ2v) is 10.9. The molecule has 28 heavy (non-hydrogen) atoms. The van der Waals surface area contributed by atoms with Crippen molar-refractivity contribution in [3.63, 3.8) is 0 Å². The van der Waals surface area contributed by atoms with Crippen molar-refractivity contribution >= 4 is 0 Å². The van der Waals surface area contributed by atoms with Crippen molar-refractivity contribution in [1.82, 2.24) is 0 Å². The standard InChI is InChI=1S/C25H38O3/c1-16(2)7-6-8-17(3)19-11-12-23(4)13-21-22-18(9-10-20(19)23)14-28-25(22,27)15-24(21,5)26/h6-9,17,19-22,26-27H,10-15H2,1-5H3/b8-6+,18-9-/t17-,19+,20-,21-,22-,23+,24+,25?/m0/s1. The van der Waals surface area contributed by atoms with Crippen LogP contribution in [0, 0.1) is 35.0 Å². The summed E-state index contributed by atoms with van der Waals surface area (Å²) >= 11 is 0. The maximum absolute atomic E-state index is 11.2. The summed E-state index contributed by atoms with van der Waals surface area (Å²) in [5, 5.41) is 22.2. The second-order valence-electron chi connectivity index (χ2n) is 10.9. The van der Waals surface area contributed by atoms with Crippen LogP contribution in [0.2, 0.25) is 0 Å². The Kier molecular flexibility index (Phi) is 4.96. The van der Waals surface area contributed by atoms with E-state index in [1.807, 2.05) is 6.92 Å². The Morgan fingerprint density at radius 3 is 2.71 bits per heavy atom. The van der Waals surface area contributed by atoms with Crippen molar-refractivity contribution in [2.75, 3.05) is 6.61 Å². The van der Waals surface area contributed by atoms with Gasteiger partial charge in [-0.1, -0.05) is 43.7 Å². The van der Waals surface area contributed by atoms with Crippen LogP contribution >= 0.6 is 0 Å². The van der Waals surface area contributed by atoms with E-state index in [0.717, 1.165) is 12.8 Å². The fraction of sp³-hybridized carbons (Fsp3) is 0.760. The van der Waals surface area contributed by atoms with Crippen molar-refractivity contribution in [3.8, 4) is 0 Å². The molecule has 2 N–H and O–H groups in total. The minimum atomic E-state index is -1.17. The highest BCUT2D eigenvalue weighted by Crippen LogP contribution is 2.63. The number of rotatable bonds is 3. The summed E-state index contributed by atoms with van der Waals surface area (Å²) in [7, 11) is 0. The van der Waals surface area contributed by atoms with Crippen LogP contribution in [0.5, 0.6) is 0 Å². The molecule has 156 valence electrons. The molecule has 0 aromatic carbocycles. The molecular formula is C25H38O3. The maximum Gasteiger partial charge on any atom is 0.175 e. The largest absolute Gasteiger partial charge is 0.390 e. The van der Waals surface area contributed by atoms with E-state index in [1.54, 1.807) is 0 Å². The third kappa shape index (κ3) is 3.24. The van der Waals surface area contributed by atoms with Gasteiger partial charge in [0.05, 0.1) is 12.2 Å². The molecule has 8 atom stereocenters. The molecule has 1 aliphatic heterocycles. The molecule has 4 rings (SSSR count). The Morgan fingerprint density at radius 1 is 1.25 bits per heavy atom. The van der Waals surface area contributed by atoms with Crippen molar-refractivity contribution in [2.24, 2.45) is 35.0 Å².